The van der Waals surface area contributed by atoms with Crippen molar-refractivity contribution in [2.24, 2.45) is 0 Å². The fraction of sp³-hybridized carbons (Fsp3) is 0. The van der Waals surface area contributed by atoms with E-state index < -0.39 is 10.8 Å². The van der Waals surface area contributed by atoms with E-state index >= 15 is 0 Å². The molecule has 92 valence electrons. The van der Waals surface area contributed by atoms with E-state index in [1.165, 1.54) is 0 Å². The molecule has 3 aromatic rings. The quantitative estimate of drug-likeness (QED) is 0.531. The maximum Gasteiger partial charge on any atom is 0.272 e. The first-order chi connectivity index (χ1) is 9.27. The van der Waals surface area contributed by atoms with Gasteiger partial charge in [-0.2, -0.15) is 5.10 Å². The molecule has 2 heterocycles. The van der Waals surface area contributed by atoms with Crippen LogP contribution in [0.1, 0.15) is 0 Å². The van der Waals surface area contributed by atoms with Gasteiger partial charge in [-0.05, 0) is 18.2 Å². The third-order valence-corrected chi connectivity index (χ3v) is 4.81. The van der Waals surface area contributed by atoms with Gasteiger partial charge in [0.1, 0.15) is 5.69 Å². The summed E-state index contributed by atoms with van der Waals surface area (Å²) in [5.41, 5.74) is 1.26. The molecule has 1 N–H and O–H groups in total. The molecule has 1 atom stereocenters. The van der Waals surface area contributed by atoms with Crippen LogP contribution in [0.3, 0.4) is 0 Å². The normalized spacial score (nSPS) is 16.3. The Morgan fingerprint density at radius 1 is 1.00 bits per heavy atom. The molecule has 0 aliphatic carbocycles. The molecule has 0 amide bonds. The fourth-order valence-corrected chi connectivity index (χ4v) is 3.88. The molecule has 19 heavy (non-hydrogen) atoms. The molecule has 4 nitrogen and oxygen atoms in total. The van der Waals surface area contributed by atoms with Crippen molar-refractivity contribution in [1.82, 2.24) is 10.2 Å². The summed E-state index contributed by atoms with van der Waals surface area (Å²) in [5.74, 6) is 0. The van der Waals surface area contributed by atoms with Gasteiger partial charge < -0.3 is 0 Å². The van der Waals surface area contributed by atoms with Gasteiger partial charge in [-0.1, -0.05) is 24.3 Å². The number of aromatic amines is 1. The van der Waals surface area contributed by atoms with Crippen molar-refractivity contribution in [1.29, 1.82) is 0 Å². The van der Waals surface area contributed by atoms with E-state index in [0.29, 0.717) is 21.4 Å². The van der Waals surface area contributed by atoms with E-state index in [9.17, 15) is 9.00 Å². The average Bonchev–Trinajstić information content (AvgIpc) is 2.46. The summed E-state index contributed by atoms with van der Waals surface area (Å²) in [6, 6.07) is 12.7. The van der Waals surface area contributed by atoms with Gasteiger partial charge in [0.25, 0.3) is 5.56 Å². The molecule has 0 saturated heterocycles. The summed E-state index contributed by atoms with van der Waals surface area (Å²) in [4.78, 5) is 13.2. The number of hydrogen-bond acceptors (Lipinski definition) is 3. The zero-order chi connectivity index (χ0) is 13.0. The Hall–Kier alpha value is -2.27. The number of rotatable bonds is 0. The Bertz CT molecular complexity index is 915. The highest BCUT2D eigenvalue weighted by Crippen LogP contribution is 2.39. The van der Waals surface area contributed by atoms with E-state index in [4.69, 9.17) is 0 Å². The van der Waals surface area contributed by atoms with Crippen molar-refractivity contribution >= 4 is 21.6 Å². The number of hydrogen-bond donors (Lipinski definition) is 1. The highest BCUT2D eigenvalue weighted by atomic mass is 32.2. The van der Waals surface area contributed by atoms with Gasteiger partial charge >= 0.3 is 0 Å². The summed E-state index contributed by atoms with van der Waals surface area (Å²) in [6.45, 7) is 0. The standard InChI is InChI=1S/C14H8N2O2S/c17-14-9-5-3-7-11-12(9)13(15-16-14)8-4-1-2-6-10(8)19(11)18/h1-7H,(H,16,17). The van der Waals surface area contributed by atoms with Crippen molar-refractivity contribution in [2.75, 3.05) is 0 Å². The van der Waals surface area contributed by atoms with Crippen molar-refractivity contribution < 1.29 is 4.21 Å². The Labute approximate surface area is 110 Å². The van der Waals surface area contributed by atoms with Crippen LogP contribution in [0.2, 0.25) is 0 Å². The maximum absolute atomic E-state index is 12.6. The molecule has 1 aromatic heterocycles. The van der Waals surface area contributed by atoms with Crippen molar-refractivity contribution in [3.63, 3.8) is 0 Å². The zero-order valence-corrected chi connectivity index (χ0v) is 10.5. The second-order valence-corrected chi connectivity index (χ2v) is 5.76. The molecular formula is C14H8N2O2S. The number of fused-ring (bicyclic) bond motifs is 2. The Balaban J connectivity index is 2.32. The van der Waals surface area contributed by atoms with Gasteiger partial charge in [-0.3, -0.25) is 4.79 Å². The highest BCUT2D eigenvalue weighted by molar-refractivity contribution is 7.85. The van der Waals surface area contributed by atoms with Gasteiger partial charge in [0, 0.05) is 10.9 Å². The van der Waals surface area contributed by atoms with E-state index in [0.717, 1.165) is 10.5 Å². The van der Waals surface area contributed by atoms with Crippen LogP contribution < -0.4 is 5.56 Å². The molecule has 1 aliphatic heterocycles. The third-order valence-electron chi connectivity index (χ3n) is 3.32. The molecular weight excluding hydrogens is 260 g/mol. The van der Waals surface area contributed by atoms with Crippen LogP contribution in [0.15, 0.2) is 57.1 Å². The van der Waals surface area contributed by atoms with Gasteiger partial charge in [0.05, 0.1) is 26.0 Å². The SMILES string of the molecule is O=c1[nH]nc2c3c(cccc13)S(=O)c1ccccc1-2. The van der Waals surface area contributed by atoms with Crippen LogP contribution >= 0.6 is 0 Å². The molecule has 0 saturated carbocycles. The zero-order valence-electron chi connectivity index (χ0n) is 9.71. The van der Waals surface area contributed by atoms with Gasteiger partial charge in [-0.15, -0.1) is 0 Å². The number of nitrogens with zero attached hydrogens (tertiary/aromatic N) is 1. The summed E-state index contributed by atoms with van der Waals surface area (Å²) < 4.78 is 12.6. The third kappa shape index (κ3) is 1.30. The van der Waals surface area contributed by atoms with Crippen LogP contribution in [0.4, 0.5) is 0 Å². The summed E-state index contributed by atoms with van der Waals surface area (Å²) in [7, 11) is -1.26. The Kier molecular flexibility index (Phi) is 2.02. The second-order valence-electron chi connectivity index (χ2n) is 4.34. The van der Waals surface area contributed by atoms with Gasteiger partial charge in [0.2, 0.25) is 0 Å². The number of H-pyrrole nitrogens is 1. The number of nitrogens with one attached hydrogen (secondary N) is 1. The molecule has 0 radical (unpaired) electrons. The monoisotopic (exact) mass is 268 g/mol. The minimum Gasteiger partial charge on any atom is -0.267 e. The predicted molar refractivity (Wildman–Crippen MR) is 72.5 cm³/mol. The molecule has 1 aliphatic rings. The molecule has 0 spiro atoms. The lowest BCUT2D eigenvalue weighted by Crippen LogP contribution is -2.14. The van der Waals surface area contributed by atoms with Crippen LogP contribution in [0, 0.1) is 0 Å². The van der Waals surface area contributed by atoms with E-state index in [-0.39, 0.29) is 5.56 Å². The summed E-state index contributed by atoms with van der Waals surface area (Å²) >= 11 is 0. The van der Waals surface area contributed by atoms with Crippen molar-refractivity contribution in [2.45, 2.75) is 9.79 Å². The first kappa shape index (κ1) is 10.6. The maximum atomic E-state index is 12.6. The lowest BCUT2D eigenvalue weighted by Gasteiger charge is -2.18. The fourth-order valence-electron chi connectivity index (χ4n) is 2.48. The summed E-state index contributed by atoms with van der Waals surface area (Å²) in [5, 5.41) is 7.88. The van der Waals surface area contributed by atoms with Crippen LogP contribution in [0.25, 0.3) is 22.0 Å². The molecule has 4 rings (SSSR count). The lowest BCUT2D eigenvalue weighted by molar-refractivity contribution is 0.683. The molecule has 0 fully saturated rings. The van der Waals surface area contributed by atoms with E-state index in [2.05, 4.69) is 10.2 Å². The molecule has 5 heteroatoms. The Morgan fingerprint density at radius 2 is 1.79 bits per heavy atom. The van der Waals surface area contributed by atoms with Crippen molar-refractivity contribution in [3.8, 4) is 11.3 Å². The number of benzene rings is 2. The lowest BCUT2D eigenvalue weighted by atomic mass is 10.0. The molecule has 0 bridgehead atoms. The van der Waals surface area contributed by atoms with Gasteiger partial charge in [-0.25, -0.2) is 9.31 Å². The molecule has 1 unspecified atom stereocenters. The average molecular weight is 268 g/mol. The summed E-state index contributed by atoms with van der Waals surface area (Å²) in [6.07, 6.45) is 0. The minimum absolute atomic E-state index is 0.253. The number of aromatic nitrogens is 2. The smallest absolute Gasteiger partial charge is 0.267 e. The van der Waals surface area contributed by atoms with Crippen LogP contribution in [0.5, 0.6) is 0 Å². The molecule has 2 aromatic carbocycles. The van der Waals surface area contributed by atoms with Crippen LogP contribution in [-0.2, 0) is 10.8 Å². The van der Waals surface area contributed by atoms with Crippen molar-refractivity contribution in [3.05, 3.63) is 52.8 Å². The van der Waals surface area contributed by atoms with Gasteiger partial charge in [0.15, 0.2) is 0 Å². The Morgan fingerprint density at radius 3 is 2.68 bits per heavy atom. The van der Waals surface area contributed by atoms with E-state index in [1.807, 2.05) is 24.3 Å². The largest absolute Gasteiger partial charge is 0.272 e. The minimum atomic E-state index is -1.26. The predicted octanol–water partition coefficient (Wildman–Crippen LogP) is 2.07. The van der Waals surface area contributed by atoms with E-state index in [1.54, 1.807) is 18.2 Å². The van der Waals surface area contributed by atoms with Crippen LogP contribution in [-0.4, -0.2) is 14.4 Å². The first-order valence-corrected chi connectivity index (χ1v) is 6.95. The topological polar surface area (TPSA) is 62.8 Å². The highest BCUT2D eigenvalue weighted by Gasteiger charge is 2.25. The second kappa shape index (κ2) is 3.61. The first-order valence-electron chi connectivity index (χ1n) is 5.80.